The number of hydrogen-bond acceptors (Lipinski definition) is 10. The molecule has 19 heteroatoms. The monoisotopic (exact) mass is 841 g/mol. The summed E-state index contributed by atoms with van der Waals surface area (Å²) in [5.74, 6) is -5.97. The molecule has 0 aromatic heterocycles. The fourth-order valence-electron chi connectivity index (χ4n) is 7.19. The highest BCUT2D eigenvalue weighted by Gasteiger charge is 2.42. The van der Waals surface area contributed by atoms with Gasteiger partial charge in [-0.25, -0.2) is 4.79 Å². The molecule has 7 atom stereocenters. The van der Waals surface area contributed by atoms with Crippen molar-refractivity contribution < 1.29 is 48.3 Å². The predicted molar refractivity (Wildman–Crippen MR) is 219 cm³/mol. The van der Waals surface area contributed by atoms with Gasteiger partial charge in [-0.05, 0) is 76.2 Å². The maximum Gasteiger partial charge on any atom is 0.326 e. The first-order valence-corrected chi connectivity index (χ1v) is 20.7. The Morgan fingerprint density at radius 2 is 1.18 bits per heavy atom. The number of hydrogen-bond donors (Lipinski definition) is 8. The van der Waals surface area contributed by atoms with Crippen molar-refractivity contribution in [2.75, 3.05) is 26.2 Å². The first-order chi connectivity index (χ1) is 28.3. The zero-order valence-electron chi connectivity index (χ0n) is 35.5. The number of benzene rings is 1. The van der Waals surface area contributed by atoms with Gasteiger partial charge in [0, 0.05) is 13.1 Å². The van der Waals surface area contributed by atoms with Crippen molar-refractivity contribution in [3.8, 4) is 0 Å². The SMILES string of the molecule is CC(C)C[C@H](NC(=O)[C@H](C)NC(=O)[C@H](CC(C)C)NC(=O)[C@@H](N)Cc1ccccc1)C(=O)NCC(=O)N[C@@H](C)C(=O)NCC(=O)N1CCC[C@H]1C(=O)N1CCC[C@H]1C(=O)O. The molecule has 0 unspecified atom stereocenters. The Hall–Kier alpha value is -5.59. The number of carbonyl (C=O) groups is 9. The van der Waals surface area contributed by atoms with Gasteiger partial charge in [-0.15, -0.1) is 0 Å². The van der Waals surface area contributed by atoms with E-state index in [2.05, 4.69) is 31.9 Å². The van der Waals surface area contributed by atoms with Gasteiger partial charge >= 0.3 is 5.97 Å². The Labute approximate surface area is 351 Å². The molecule has 3 rings (SSSR count). The summed E-state index contributed by atoms with van der Waals surface area (Å²) < 4.78 is 0. The second-order valence-electron chi connectivity index (χ2n) is 16.4. The van der Waals surface area contributed by atoms with E-state index in [1.165, 1.54) is 23.6 Å². The van der Waals surface area contributed by atoms with Gasteiger partial charge in [0.25, 0.3) is 0 Å². The minimum atomic E-state index is -1.11. The standard InChI is InChI=1S/C41H63N9O10/c1-23(2)18-29(47-36(54)26(6)46-39(57)30(19-24(3)4)48-37(55)28(42)20-27-12-8-7-9-13-27)38(56)43-21-33(51)45-25(5)35(53)44-22-34(52)49-16-10-14-31(49)40(58)50-17-11-15-32(50)41(59)60/h7-9,12-13,23-26,28-32H,10-11,14-22,42H2,1-6H3,(H,43,56)(H,44,53)(H,45,51)(H,46,57)(H,47,54)(H,48,55)(H,59,60)/t25-,26-,28-,29-,30-,31-,32-/m0/s1. The molecular weight excluding hydrogens is 779 g/mol. The van der Waals surface area contributed by atoms with Crippen molar-refractivity contribution in [2.45, 2.75) is 129 Å². The number of likely N-dealkylation sites (tertiary alicyclic amines) is 2. The van der Waals surface area contributed by atoms with Gasteiger partial charge in [-0.3, -0.25) is 38.4 Å². The highest BCUT2D eigenvalue weighted by Crippen LogP contribution is 2.25. The van der Waals surface area contributed by atoms with Gasteiger partial charge in [-0.2, -0.15) is 0 Å². The van der Waals surface area contributed by atoms with Gasteiger partial charge in [0.2, 0.25) is 47.3 Å². The molecule has 0 spiro atoms. The van der Waals surface area contributed by atoms with E-state index in [1.807, 2.05) is 58.0 Å². The van der Waals surface area contributed by atoms with Crippen molar-refractivity contribution in [3.63, 3.8) is 0 Å². The maximum atomic E-state index is 13.3. The molecule has 1 aromatic carbocycles. The number of rotatable bonds is 21. The quantitative estimate of drug-likeness (QED) is 0.0738. The summed E-state index contributed by atoms with van der Waals surface area (Å²) in [4.78, 5) is 119. The zero-order valence-corrected chi connectivity index (χ0v) is 35.5. The molecule has 0 radical (unpaired) electrons. The Kier molecular flexibility index (Phi) is 18.9. The smallest absolute Gasteiger partial charge is 0.326 e. The fourth-order valence-corrected chi connectivity index (χ4v) is 7.19. The molecule has 0 aliphatic carbocycles. The van der Waals surface area contributed by atoms with E-state index in [4.69, 9.17) is 5.73 Å². The summed E-state index contributed by atoms with van der Waals surface area (Å²) in [7, 11) is 0. The van der Waals surface area contributed by atoms with Crippen molar-refractivity contribution in [1.29, 1.82) is 0 Å². The summed E-state index contributed by atoms with van der Waals surface area (Å²) >= 11 is 0. The van der Waals surface area contributed by atoms with Crippen LogP contribution < -0.4 is 37.6 Å². The summed E-state index contributed by atoms with van der Waals surface area (Å²) in [6, 6.07) is 2.27. The topological polar surface area (TPSA) is 279 Å². The summed E-state index contributed by atoms with van der Waals surface area (Å²) in [6.45, 7) is 9.84. The van der Waals surface area contributed by atoms with Crippen LogP contribution in [-0.2, 0) is 49.6 Å². The van der Waals surface area contributed by atoms with Gasteiger partial charge in [-0.1, -0.05) is 58.0 Å². The minimum absolute atomic E-state index is 0.0111. The van der Waals surface area contributed by atoms with Crippen LogP contribution in [0.5, 0.6) is 0 Å². The van der Waals surface area contributed by atoms with Crippen LogP contribution in [0.15, 0.2) is 30.3 Å². The van der Waals surface area contributed by atoms with Gasteiger partial charge in [0.05, 0.1) is 19.1 Å². The maximum absolute atomic E-state index is 13.3. The summed E-state index contributed by atoms with van der Waals surface area (Å²) in [5.41, 5.74) is 7.00. The number of nitrogens with zero attached hydrogens (tertiary/aromatic N) is 2. The Bertz CT molecular complexity index is 1710. The number of carbonyl (C=O) groups excluding carboxylic acids is 8. The predicted octanol–water partition coefficient (Wildman–Crippen LogP) is -1.07. The molecule has 8 amide bonds. The molecule has 2 saturated heterocycles. The molecule has 0 bridgehead atoms. The van der Waals surface area contributed by atoms with Crippen molar-refractivity contribution in [3.05, 3.63) is 35.9 Å². The van der Waals surface area contributed by atoms with E-state index in [0.29, 0.717) is 32.2 Å². The molecule has 332 valence electrons. The molecule has 1 aromatic rings. The summed E-state index contributed by atoms with van der Waals surface area (Å²) in [5, 5.41) is 24.8. The molecule has 60 heavy (non-hydrogen) atoms. The lowest BCUT2D eigenvalue weighted by Gasteiger charge is -2.30. The Morgan fingerprint density at radius 1 is 0.650 bits per heavy atom. The number of nitrogens with two attached hydrogens (primary N) is 1. The lowest BCUT2D eigenvalue weighted by atomic mass is 10.0. The van der Waals surface area contributed by atoms with Crippen LogP contribution in [0.25, 0.3) is 0 Å². The zero-order chi connectivity index (χ0) is 44.7. The van der Waals surface area contributed by atoms with Crippen LogP contribution in [0, 0.1) is 11.8 Å². The second kappa shape index (κ2) is 23.3. The molecule has 0 saturated carbocycles. The number of carboxylic acid groups (broad SMARTS) is 1. The van der Waals surface area contributed by atoms with E-state index in [1.54, 1.807) is 0 Å². The lowest BCUT2D eigenvalue weighted by molar-refractivity contribution is -0.151. The third-order valence-corrected chi connectivity index (χ3v) is 10.4. The first-order valence-electron chi connectivity index (χ1n) is 20.7. The van der Waals surface area contributed by atoms with E-state index >= 15 is 0 Å². The van der Waals surface area contributed by atoms with E-state index < -0.39 is 109 Å². The minimum Gasteiger partial charge on any atom is -0.480 e. The number of nitrogens with one attached hydrogen (secondary N) is 6. The van der Waals surface area contributed by atoms with E-state index in [0.717, 1.165) is 5.56 Å². The van der Waals surface area contributed by atoms with Crippen LogP contribution in [-0.4, -0.2) is 137 Å². The number of amides is 8. The van der Waals surface area contributed by atoms with Crippen molar-refractivity contribution in [2.24, 2.45) is 17.6 Å². The van der Waals surface area contributed by atoms with E-state index in [-0.39, 0.29) is 37.6 Å². The van der Waals surface area contributed by atoms with Crippen molar-refractivity contribution in [1.82, 2.24) is 41.7 Å². The molecule has 2 aliphatic rings. The number of carboxylic acids is 1. The molecule has 2 fully saturated rings. The normalized spacial score (nSPS) is 18.8. The largest absolute Gasteiger partial charge is 0.480 e. The van der Waals surface area contributed by atoms with Crippen LogP contribution in [0.4, 0.5) is 0 Å². The average molecular weight is 842 g/mol. The Morgan fingerprint density at radius 3 is 1.78 bits per heavy atom. The highest BCUT2D eigenvalue weighted by molar-refractivity contribution is 5.96. The molecular formula is C41H63N9O10. The van der Waals surface area contributed by atoms with Gasteiger partial charge < -0.3 is 52.5 Å². The third kappa shape index (κ3) is 14.9. The third-order valence-electron chi connectivity index (χ3n) is 10.4. The molecule has 2 aliphatic heterocycles. The van der Waals surface area contributed by atoms with Gasteiger partial charge in [0.15, 0.2) is 0 Å². The lowest BCUT2D eigenvalue weighted by Crippen LogP contribution is -2.57. The van der Waals surface area contributed by atoms with Crippen LogP contribution in [0.1, 0.15) is 85.6 Å². The van der Waals surface area contributed by atoms with Crippen LogP contribution in [0.2, 0.25) is 0 Å². The van der Waals surface area contributed by atoms with Gasteiger partial charge in [0.1, 0.15) is 36.3 Å². The molecule has 9 N–H and O–H groups in total. The van der Waals surface area contributed by atoms with Crippen molar-refractivity contribution >= 4 is 53.2 Å². The van der Waals surface area contributed by atoms with Crippen LogP contribution >= 0.6 is 0 Å². The van der Waals surface area contributed by atoms with E-state index in [9.17, 15) is 48.3 Å². The second-order valence-corrected chi connectivity index (χ2v) is 16.4. The Balaban J connectivity index is 1.48. The highest BCUT2D eigenvalue weighted by atomic mass is 16.4. The average Bonchev–Trinajstić information content (AvgIpc) is 3.89. The van der Waals surface area contributed by atoms with Crippen LogP contribution in [0.3, 0.4) is 0 Å². The molecule has 19 nitrogen and oxygen atoms in total. The number of aliphatic carboxylic acids is 1. The molecule has 2 heterocycles. The summed E-state index contributed by atoms with van der Waals surface area (Å²) in [6.07, 6.45) is 2.56. The first kappa shape index (κ1) is 48.8. The fraction of sp³-hybridized carbons (Fsp3) is 0.634.